The maximum absolute atomic E-state index is 13.7. The van der Waals surface area contributed by atoms with Gasteiger partial charge in [0.25, 0.3) is 0 Å². The highest BCUT2D eigenvalue weighted by atomic mass is 35.5. The summed E-state index contributed by atoms with van der Waals surface area (Å²) in [4.78, 5) is 27.2. The molecule has 4 fully saturated rings. The molecule has 1 aliphatic heterocycles. The van der Waals surface area contributed by atoms with Crippen LogP contribution in [-0.4, -0.2) is 60.1 Å². The van der Waals surface area contributed by atoms with E-state index < -0.39 is 11.5 Å². The zero-order chi connectivity index (χ0) is 21.8. The largest absolute Gasteiger partial charge is 0.368 e. The summed E-state index contributed by atoms with van der Waals surface area (Å²) in [7, 11) is 0. The zero-order valence-electron chi connectivity index (χ0n) is 18.6. The molecule has 3 saturated carbocycles. The molecule has 0 aromatic heterocycles. The third kappa shape index (κ3) is 6.13. The van der Waals surface area contributed by atoms with Crippen LogP contribution in [-0.2, 0) is 14.3 Å². The number of carbonyl (C=O) groups excluding carboxylic acids is 2. The van der Waals surface area contributed by atoms with E-state index in [1.165, 1.54) is 32.1 Å². The number of ether oxygens (including phenoxy) is 1. The topological polar surface area (TPSA) is 58.6 Å². The van der Waals surface area contributed by atoms with Gasteiger partial charge in [0, 0.05) is 31.5 Å². The van der Waals surface area contributed by atoms with Crippen molar-refractivity contribution < 1.29 is 18.7 Å². The van der Waals surface area contributed by atoms with Crippen LogP contribution in [0.3, 0.4) is 0 Å². The molecule has 1 heterocycles. The van der Waals surface area contributed by atoms with E-state index in [9.17, 15) is 14.0 Å². The van der Waals surface area contributed by atoms with E-state index in [4.69, 9.17) is 16.3 Å². The molecule has 0 bridgehead atoms. The summed E-state index contributed by atoms with van der Waals surface area (Å²) in [6.45, 7) is 1.89. The van der Waals surface area contributed by atoms with Crippen LogP contribution in [0.2, 0.25) is 0 Å². The minimum absolute atomic E-state index is 0.0282. The summed E-state index contributed by atoms with van der Waals surface area (Å²) in [6, 6.07) is 0.110. The molecule has 0 radical (unpaired) electrons. The highest BCUT2D eigenvalue weighted by Gasteiger charge is 2.39. The van der Waals surface area contributed by atoms with Crippen LogP contribution in [0.15, 0.2) is 0 Å². The molecule has 176 valence electrons. The van der Waals surface area contributed by atoms with Crippen molar-refractivity contribution in [2.45, 2.75) is 101 Å². The number of alkyl halides is 2. The van der Waals surface area contributed by atoms with Crippen LogP contribution < -0.4 is 5.32 Å². The highest BCUT2D eigenvalue weighted by Crippen LogP contribution is 2.37. The van der Waals surface area contributed by atoms with Crippen LogP contribution in [0.1, 0.15) is 77.0 Å². The molecule has 3 unspecified atom stereocenters. The van der Waals surface area contributed by atoms with E-state index in [-0.39, 0.29) is 37.0 Å². The lowest BCUT2D eigenvalue weighted by Crippen LogP contribution is -2.55. The van der Waals surface area contributed by atoms with Crippen molar-refractivity contribution in [2.24, 2.45) is 17.8 Å². The van der Waals surface area contributed by atoms with Gasteiger partial charge < -0.3 is 15.0 Å². The molecule has 31 heavy (non-hydrogen) atoms. The molecule has 0 spiro atoms. The lowest BCUT2D eigenvalue weighted by atomic mass is 9.75. The second kappa shape index (κ2) is 10.8. The van der Waals surface area contributed by atoms with Crippen molar-refractivity contribution in [3.8, 4) is 0 Å². The second-order valence-corrected chi connectivity index (χ2v) is 10.9. The van der Waals surface area contributed by atoms with Gasteiger partial charge in [-0.05, 0) is 50.4 Å². The molecule has 4 rings (SSSR count). The van der Waals surface area contributed by atoms with Gasteiger partial charge in [-0.25, -0.2) is 4.39 Å². The normalized spacial score (nSPS) is 35.4. The molecule has 3 atom stereocenters. The Labute approximate surface area is 190 Å². The molecule has 0 aromatic rings. The van der Waals surface area contributed by atoms with Crippen molar-refractivity contribution in [3.05, 3.63) is 0 Å². The van der Waals surface area contributed by atoms with Gasteiger partial charge in [-0.2, -0.15) is 0 Å². The number of hydrogen-bond donors (Lipinski definition) is 1. The first-order valence-electron chi connectivity index (χ1n) is 12.5. The van der Waals surface area contributed by atoms with Crippen molar-refractivity contribution in [2.75, 3.05) is 19.7 Å². The van der Waals surface area contributed by atoms with E-state index in [1.807, 2.05) is 0 Å². The Morgan fingerprint density at radius 1 is 0.935 bits per heavy atom. The SMILES string of the molecule is O=C(COC1CCC(Cl)C(F)C1)NC1CCC(C(=O)N2CC(C3CCCCC3)C2)CC1. The van der Waals surface area contributed by atoms with E-state index in [0.717, 1.165) is 50.6 Å². The Morgan fingerprint density at radius 2 is 1.65 bits per heavy atom. The highest BCUT2D eigenvalue weighted by molar-refractivity contribution is 6.21. The van der Waals surface area contributed by atoms with Gasteiger partial charge in [0.15, 0.2) is 0 Å². The van der Waals surface area contributed by atoms with Crippen LogP contribution in [0.25, 0.3) is 0 Å². The molecule has 2 amide bonds. The summed E-state index contributed by atoms with van der Waals surface area (Å²) < 4.78 is 19.3. The predicted molar refractivity (Wildman–Crippen MR) is 119 cm³/mol. The molecule has 0 aromatic carbocycles. The summed E-state index contributed by atoms with van der Waals surface area (Å²) in [5.74, 6) is 1.87. The van der Waals surface area contributed by atoms with Gasteiger partial charge in [0.05, 0.1) is 11.5 Å². The zero-order valence-corrected chi connectivity index (χ0v) is 19.3. The van der Waals surface area contributed by atoms with Gasteiger partial charge in [0.2, 0.25) is 11.8 Å². The van der Waals surface area contributed by atoms with Crippen molar-refractivity contribution in [1.82, 2.24) is 10.2 Å². The first-order chi connectivity index (χ1) is 15.0. The molecule has 5 nitrogen and oxygen atoms in total. The molecule has 1 N–H and O–H groups in total. The average molecular weight is 457 g/mol. The maximum Gasteiger partial charge on any atom is 0.246 e. The average Bonchev–Trinajstić information content (AvgIpc) is 2.75. The van der Waals surface area contributed by atoms with Gasteiger partial charge in [-0.15, -0.1) is 11.6 Å². The number of halogens is 2. The summed E-state index contributed by atoms with van der Waals surface area (Å²) in [6.07, 6.45) is 10.5. The maximum atomic E-state index is 13.7. The van der Waals surface area contributed by atoms with Crippen molar-refractivity contribution in [3.63, 3.8) is 0 Å². The number of hydrogen-bond acceptors (Lipinski definition) is 3. The minimum Gasteiger partial charge on any atom is -0.368 e. The Hall–Kier alpha value is -0.880. The fourth-order valence-electron chi connectivity index (χ4n) is 6.00. The quantitative estimate of drug-likeness (QED) is 0.609. The number of likely N-dealkylation sites (tertiary alicyclic amines) is 1. The monoisotopic (exact) mass is 456 g/mol. The number of rotatable bonds is 6. The Bertz CT molecular complexity index is 616. The third-order valence-corrected chi connectivity index (χ3v) is 8.57. The van der Waals surface area contributed by atoms with Gasteiger partial charge in [0.1, 0.15) is 12.8 Å². The fraction of sp³-hybridized carbons (Fsp3) is 0.917. The number of nitrogens with zero attached hydrogens (tertiary/aromatic N) is 1. The lowest BCUT2D eigenvalue weighted by molar-refractivity contribution is -0.145. The second-order valence-electron chi connectivity index (χ2n) is 10.3. The van der Waals surface area contributed by atoms with Gasteiger partial charge in [-0.1, -0.05) is 32.1 Å². The molecular formula is C24H38ClFN2O3. The van der Waals surface area contributed by atoms with Crippen LogP contribution in [0, 0.1) is 17.8 Å². The molecule has 3 aliphatic carbocycles. The van der Waals surface area contributed by atoms with Gasteiger partial charge in [-0.3, -0.25) is 9.59 Å². The minimum atomic E-state index is -1.05. The number of carbonyl (C=O) groups is 2. The Kier molecular flexibility index (Phi) is 8.13. The number of nitrogens with one attached hydrogen (secondary N) is 1. The first-order valence-corrected chi connectivity index (χ1v) is 12.9. The first kappa shape index (κ1) is 23.3. The predicted octanol–water partition coefficient (Wildman–Crippen LogP) is 4.21. The van der Waals surface area contributed by atoms with Crippen molar-refractivity contribution in [1.29, 1.82) is 0 Å². The molecular weight excluding hydrogens is 419 g/mol. The Balaban J connectivity index is 1.10. The smallest absolute Gasteiger partial charge is 0.246 e. The molecule has 1 saturated heterocycles. The van der Waals surface area contributed by atoms with E-state index in [0.29, 0.717) is 18.7 Å². The van der Waals surface area contributed by atoms with E-state index in [2.05, 4.69) is 10.2 Å². The summed E-state index contributed by atoms with van der Waals surface area (Å²) in [5, 5.41) is 2.61. The van der Waals surface area contributed by atoms with Crippen LogP contribution in [0.4, 0.5) is 4.39 Å². The standard InChI is InChI=1S/C24H38ClFN2O3/c25-21-11-10-20(12-22(21)26)31-15-23(29)27-19-8-6-17(7-9-19)24(30)28-13-18(14-28)16-4-2-1-3-5-16/h16-22H,1-15H2,(H,27,29). The van der Waals surface area contributed by atoms with Gasteiger partial charge >= 0.3 is 0 Å². The lowest BCUT2D eigenvalue weighted by Gasteiger charge is -2.46. The van der Waals surface area contributed by atoms with Crippen molar-refractivity contribution >= 4 is 23.4 Å². The van der Waals surface area contributed by atoms with E-state index >= 15 is 0 Å². The Morgan fingerprint density at radius 3 is 2.32 bits per heavy atom. The van der Waals surface area contributed by atoms with Crippen LogP contribution in [0.5, 0.6) is 0 Å². The number of amides is 2. The fourth-order valence-corrected chi connectivity index (χ4v) is 6.22. The van der Waals surface area contributed by atoms with E-state index in [1.54, 1.807) is 0 Å². The summed E-state index contributed by atoms with van der Waals surface area (Å²) in [5.41, 5.74) is 0. The summed E-state index contributed by atoms with van der Waals surface area (Å²) >= 11 is 5.90. The molecule has 7 heteroatoms. The third-order valence-electron chi connectivity index (χ3n) is 8.07. The molecule has 4 aliphatic rings. The van der Waals surface area contributed by atoms with Crippen LogP contribution >= 0.6 is 11.6 Å².